The van der Waals surface area contributed by atoms with Crippen molar-refractivity contribution >= 4 is 11.6 Å². The highest BCUT2D eigenvalue weighted by Gasteiger charge is 2.19. The molecule has 0 aliphatic heterocycles. The number of halogens is 1. The van der Waals surface area contributed by atoms with Gasteiger partial charge in [0.25, 0.3) is 0 Å². The Labute approximate surface area is 171 Å². The van der Waals surface area contributed by atoms with Crippen molar-refractivity contribution in [2.45, 2.75) is 39.2 Å². The molecular formula is C25H26FNO2. The third-order valence-electron chi connectivity index (χ3n) is 4.62. The molecule has 1 amide bonds. The highest BCUT2D eigenvalue weighted by atomic mass is 19.1. The first-order valence-electron chi connectivity index (χ1n) is 9.79. The van der Waals surface area contributed by atoms with Crippen molar-refractivity contribution in [2.75, 3.05) is 5.32 Å². The van der Waals surface area contributed by atoms with Crippen molar-refractivity contribution in [3.63, 3.8) is 0 Å². The van der Waals surface area contributed by atoms with Gasteiger partial charge in [0.2, 0.25) is 5.91 Å². The molecule has 0 radical (unpaired) electrons. The Morgan fingerprint density at radius 1 is 0.966 bits per heavy atom. The Morgan fingerprint density at radius 2 is 1.59 bits per heavy atom. The van der Waals surface area contributed by atoms with E-state index in [1.54, 1.807) is 12.1 Å². The summed E-state index contributed by atoms with van der Waals surface area (Å²) in [6.45, 7) is 5.94. The number of carbonyl (C=O) groups is 1. The van der Waals surface area contributed by atoms with Crippen LogP contribution in [-0.4, -0.2) is 12.0 Å². The second-order valence-corrected chi connectivity index (χ2v) is 7.46. The zero-order valence-corrected chi connectivity index (χ0v) is 17.0. The molecular weight excluding hydrogens is 365 g/mol. The van der Waals surface area contributed by atoms with Crippen molar-refractivity contribution in [1.29, 1.82) is 0 Å². The summed E-state index contributed by atoms with van der Waals surface area (Å²) in [4.78, 5) is 12.8. The van der Waals surface area contributed by atoms with Crippen LogP contribution in [0.5, 0.6) is 5.75 Å². The first-order chi connectivity index (χ1) is 13.9. The van der Waals surface area contributed by atoms with Crippen molar-refractivity contribution in [3.05, 3.63) is 95.3 Å². The van der Waals surface area contributed by atoms with Gasteiger partial charge in [-0.15, -0.1) is 0 Å². The van der Waals surface area contributed by atoms with Gasteiger partial charge >= 0.3 is 0 Å². The maximum atomic E-state index is 13.4. The molecule has 3 rings (SSSR count). The summed E-state index contributed by atoms with van der Waals surface area (Å²) in [5.74, 6) is 0.212. The first kappa shape index (κ1) is 20.6. The number of benzene rings is 3. The van der Waals surface area contributed by atoms with Crippen LogP contribution in [0.4, 0.5) is 10.1 Å². The minimum absolute atomic E-state index is 0.0903. The van der Waals surface area contributed by atoms with E-state index >= 15 is 0 Å². The Morgan fingerprint density at radius 3 is 2.17 bits per heavy atom. The number of aryl methyl sites for hydroxylation is 1. The Bertz CT molecular complexity index is 949. The SMILES string of the molecule is Cc1cccc(NC(=O)CC(c2ccc(F)cc2)c2ccc(OC(C)C)cc2)c1. The summed E-state index contributed by atoms with van der Waals surface area (Å²) in [7, 11) is 0. The molecule has 0 aliphatic rings. The monoisotopic (exact) mass is 391 g/mol. The fraction of sp³-hybridized carbons (Fsp3) is 0.240. The van der Waals surface area contributed by atoms with Crippen LogP contribution in [0.2, 0.25) is 0 Å². The van der Waals surface area contributed by atoms with Crippen molar-refractivity contribution in [1.82, 2.24) is 0 Å². The largest absolute Gasteiger partial charge is 0.491 e. The fourth-order valence-corrected chi connectivity index (χ4v) is 3.29. The van der Waals surface area contributed by atoms with Crippen LogP contribution in [0, 0.1) is 12.7 Å². The number of carbonyl (C=O) groups excluding carboxylic acids is 1. The quantitative estimate of drug-likeness (QED) is 0.530. The van der Waals surface area contributed by atoms with Gasteiger partial charge in [0.05, 0.1) is 6.10 Å². The minimum Gasteiger partial charge on any atom is -0.491 e. The molecule has 29 heavy (non-hydrogen) atoms. The standard InChI is InChI=1S/C25H26FNO2/c1-17(2)29-23-13-9-20(10-14-23)24(19-7-11-21(26)12-8-19)16-25(28)27-22-6-4-5-18(3)15-22/h4-15,17,24H,16H2,1-3H3,(H,27,28). The molecule has 0 saturated heterocycles. The normalized spacial score (nSPS) is 11.9. The number of nitrogens with one attached hydrogen (secondary N) is 1. The summed E-state index contributed by atoms with van der Waals surface area (Å²) in [6, 6.07) is 21.8. The molecule has 1 atom stereocenters. The number of hydrogen-bond donors (Lipinski definition) is 1. The molecule has 0 saturated carbocycles. The predicted molar refractivity (Wildman–Crippen MR) is 115 cm³/mol. The number of amides is 1. The fourth-order valence-electron chi connectivity index (χ4n) is 3.29. The van der Waals surface area contributed by atoms with Crippen molar-refractivity contribution < 1.29 is 13.9 Å². The number of rotatable bonds is 7. The highest BCUT2D eigenvalue weighted by molar-refractivity contribution is 5.91. The molecule has 1 N–H and O–H groups in total. The predicted octanol–water partition coefficient (Wildman–Crippen LogP) is 6.08. The zero-order chi connectivity index (χ0) is 20.8. The maximum Gasteiger partial charge on any atom is 0.225 e. The lowest BCUT2D eigenvalue weighted by atomic mass is 9.88. The molecule has 0 aliphatic carbocycles. The molecule has 3 aromatic rings. The van der Waals surface area contributed by atoms with E-state index in [0.717, 1.165) is 28.1 Å². The van der Waals surface area contributed by atoms with Crippen LogP contribution in [0.3, 0.4) is 0 Å². The lowest BCUT2D eigenvalue weighted by Gasteiger charge is -2.19. The molecule has 0 aromatic heterocycles. The van der Waals surface area contributed by atoms with Gasteiger partial charge in [0.1, 0.15) is 11.6 Å². The van der Waals surface area contributed by atoms with Gasteiger partial charge in [-0.3, -0.25) is 4.79 Å². The van der Waals surface area contributed by atoms with Crippen LogP contribution in [-0.2, 0) is 4.79 Å². The van der Waals surface area contributed by atoms with Crippen LogP contribution in [0.1, 0.15) is 42.9 Å². The molecule has 0 spiro atoms. The summed E-state index contributed by atoms with van der Waals surface area (Å²) in [6.07, 6.45) is 0.345. The Kier molecular flexibility index (Phi) is 6.65. The van der Waals surface area contributed by atoms with E-state index in [2.05, 4.69) is 5.32 Å². The van der Waals surface area contributed by atoms with Crippen molar-refractivity contribution in [2.24, 2.45) is 0 Å². The van der Waals surface area contributed by atoms with Gasteiger partial charge in [-0.2, -0.15) is 0 Å². The van der Waals surface area contributed by atoms with Gasteiger partial charge < -0.3 is 10.1 Å². The highest BCUT2D eigenvalue weighted by Crippen LogP contribution is 2.30. The topological polar surface area (TPSA) is 38.3 Å². The van der Waals surface area contributed by atoms with Crippen LogP contribution < -0.4 is 10.1 Å². The third-order valence-corrected chi connectivity index (χ3v) is 4.62. The van der Waals surface area contributed by atoms with E-state index in [1.807, 2.05) is 69.3 Å². The second kappa shape index (κ2) is 9.37. The lowest BCUT2D eigenvalue weighted by molar-refractivity contribution is -0.116. The van der Waals surface area contributed by atoms with Gasteiger partial charge in [-0.1, -0.05) is 36.4 Å². The van der Waals surface area contributed by atoms with Crippen LogP contribution in [0.25, 0.3) is 0 Å². The molecule has 3 nitrogen and oxygen atoms in total. The molecule has 3 aromatic carbocycles. The molecule has 0 fully saturated rings. The van der Waals surface area contributed by atoms with E-state index < -0.39 is 0 Å². The Balaban J connectivity index is 1.83. The summed E-state index contributed by atoms with van der Waals surface area (Å²) >= 11 is 0. The average molecular weight is 391 g/mol. The minimum atomic E-state index is -0.294. The molecule has 0 heterocycles. The molecule has 4 heteroatoms. The third kappa shape index (κ3) is 5.92. The number of ether oxygens (including phenoxy) is 1. The molecule has 0 bridgehead atoms. The van der Waals surface area contributed by atoms with Gasteiger partial charge in [0.15, 0.2) is 0 Å². The van der Waals surface area contributed by atoms with Gasteiger partial charge in [0, 0.05) is 18.0 Å². The summed E-state index contributed by atoms with van der Waals surface area (Å²) in [5, 5.41) is 2.96. The number of hydrogen-bond acceptors (Lipinski definition) is 2. The van der Waals surface area contributed by atoms with E-state index in [9.17, 15) is 9.18 Å². The van der Waals surface area contributed by atoms with E-state index in [1.165, 1.54) is 12.1 Å². The van der Waals surface area contributed by atoms with Crippen LogP contribution >= 0.6 is 0 Å². The van der Waals surface area contributed by atoms with E-state index in [4.69, 9.17) is 4.74 Å². The van der Waals surface area contributed by atoms with E-state index in [0.29, 0.717) is 0 Å². The average Bonchev–Trinajstić information content (AvgIpc) is 2.67. The number of anilines is 1. The maximum absolute atomic E-state index is 13.4. The van der Waals surface area contributed by atoms with Crippen LogP contribution in [0.15, 0.2) is 72.8 Å². The second-order valence-electron chi connectivity index (χ2n) is 7.46. The first-order valence-corrected chi connectivity index (χ1v) is 9.79. The molecule has 150 valence electrons. The van der Waals surface area contributed by atoms with Gasteiger partial charge in [-0.25, -0.2) is 4.39 Å². The van der Waals surface area contributed by atoms with E-state index in [-0.39, 0.29) is 30.2 Å². The smallest absolute Gasteiger partial charge is 0.225 e. The van der Waals surface area contributed by atoms with Gasteiger partial charge in [-0.05, 0) is 73.9 Å². The Hall–Kier alpha value is -3.14. The lowest BCUT2D eigenvalue weighted by Crippen LogP contribution is -2.16. The zero-order valence-electron chi connectivity index (χ0n) is 17.0. The summed E-state index contributed by atoms with van der Waals surface area (Å²) in [5.41, 5.74) is 3.72. The van der Waals surface area contributed by atoms with Crippen molar-refractivity contribution in [3.8, 4) is 5.75 Å². The summed E-state index contributed by atoms with van der Waals surface area (Å²) < 4.78 is 19.1. The molecule has 1 unspecified atom stereocenters.